The lowest BCUT2D eigenvalue weighted by Crippen LogP contribution is -2.47. The SMILES string of the molecule is CCCCN1CCC(NC2CC3CCC2C3)CC1. The number of nitrogens with one attached hydrogen (secondary N) is 1. The van der Waals surface area contributed by atoms with E-state index in [-0.39, 0.29) is 0 Å². The van der Waals surface area contributed by atoms with Crippen LogP contribution < -0.4 is 5.32 Å². The second-order valence-corrected chi connectivity index (χ2v) is 6.92. The number of hydrogen-bond acceptors (Lipinski definition) is 2. The van der Waals surface area contributed by atoms with Crippen LogP contribution in [-0.4, -0.2) is 36.6 Å². The maximum atomic E-state index is 4.00. The summed E-state index contributed by atoms with van der Waals surface area (Å²) in [5.74, 6) is 2.12. The quantitative estimate of drug-likeness (QED) is 0.807. The molecule has 0 aromatic carbocycles. The zero-order valence-corrected chi connectivity index (χ0v) is 12.0. The van der Waals surface area contributed by atoms with Crippen molar-refractivity contribution in [2.45, 2.75) is 70.4 Å². The topological polar surface area (TPSA) is 15.3 Å². The van der Waals surface area contributed by atoms with Gasteiger partial charge in [0.1, 0.15) is 0 Å². The van der Waals surface area contributed by atoms with Gasteiger partial charge in [-0.3, -0.25) is 0 Å². The van der Waals surface area contributed by atoms with E-state index in [0.717, 1.165) is 23.9 Å². The third-order valence-corrected chi connectivity index (χ3v) is 5.60. The predicted octanol–water partition coefficient (Wildman–Crippen LogP) is 3.03. The van der Waals surface area contributed by atoms with Crippen LogP contribution >= 0.6 is 0 Å². The number of likely N-dealkylation sites (tertiary alicyclic amines) is 1. The summed E-state index contributed by atoms with van der Waals surface area (Å²) >= 11 is 0. The molecule has 2 heteroatoms. The summed E-state index contributed by atoms with van der Waals surface area (Å²) in [6.45, 7) is 6.29. The molecule has 2 saturated carbocycles. The van der Waals surface area contributed by atoms with E-state index in [2.05, 4.69) is 17.1 Å². The molecule has 1 aliphatic heterocycles. The Bertz CT molecular complexity index is 258. The molecule has 3 fully saturated rings. The van der Waals surface area contributed by atoms with Gasteiger partial charge in [-0.15, -0.1) is 0 Å². The summed E-state index contributed by atoms with van der Waals surface area (Å²) in [6.07, 6.45) is 11.5. The van der Waals surface area contributed by atoms with Crippen LogP contribution in [-0.2, 0) is 0 Å². The first kappa shape index (κ1) is 12.9. The van der Waals surface area contributed by atoms with E-state index < -0.39 is 0 Å². The van der Waals surface area contributed by atoms with Crippen molar-refractivity contribution in [3.8, 4) is 0 Å². The molecule has 0 spiro atoms. The summed E-state index contributed by atoms with van der Waals surface area (Å²) in [5, 5.41) is 4.00. The number of nitrogens with zero attached hydrogens (tertiary/aromatic N) is 1. The molecule has 3 rings (SSSR count). The molecule has 3 unspecified atom stereocenters. The molecule has 2 aliphatic carbocycles. The second-order valence-electron chi connectivity index (χ2n) is 6.92. The van der Waals surface area contributed by atoms with Crippen LogP contribution in [0.1, 0.15) is 58.3 Å². The Kier molecular flexibility index (Phi) is 4.25. The Balaban J connectivity index is 1.38. The first-order chi connectivity index (χ1) is 8.85. The number of fused-ring (bicyclic) bond motifs is 2. The largest absolute Gasteiger partial charge is 0.311 e. The third kappa shape index (κ3) is 2.91. The monoisotopic (exact) mass is 250 g/mol. The molecule has 1 saturated heterocycles. The lowest BCUT2D eigenvalue weighted by atomic mass is 9.93. The number of hydrogen-bond donors (Lipinski definition) is 1. The molecule has 104 valence electrons. The van der Waals surface area contributed by atoms with Crippen molar-refractivity contribution >= 4 is 0 Å². The van der Waals surface area contributed by atoms with Gasteiger partial charge in [-0.1, -0.05) is 19.8 Å². The third-order valence-electron chi connectivity index (χ3n) is 5.60. The highest BCUT2D eigenvalue weighted by Crippen LogP contribution is 2.44. The zero-order chi connectivity index (χ0) is 12.4. The van der Waals surface area contributed by atoms with Crippen LogP contribution in [0.15, 0.2) is 0 Å². The first-order valence-corrected chi connectivity index (χ1v) is 8.33. The minimum absolute atomic E-state index is 0.826. The number of rotatable bonds is 5. The molecule has 0 radical (unpaired) electrons. The van der Waals surface area contributed by atoms with Gasteiger partial charge in [0.05, 0.1) is 0 Å². The van der Waals surface area contributed by atoms with Gasteiger partial charge >= 0.3 is 0 Å². The van der Waals surface area contributed by atoms with Crippen LogP contribution in [0.5, 0.6) is 0 Å². The fourth-order valence-corrected chi connectivity index (χ4v) is 4.46. The van der Waals surface area contributed by atoms with Gasteiger partial charge < -0.3 is 10.2 Å². The molecule has 0 aromatic rings. The van der Waals surface area contributed by atoms with E-state index >= 15 is 0 Å². The molecule has 0 aromatic heterocycles. The van der Waals surface area contributed by atoms with Crippen LogP contribution in [0.25, 0.3) is 0 Å². The number of unbranched alkanes of at least 4 members (excludes halogenated alkanes) is 1. The summed E-state index contributed by atoms with van der Waals surface area (Å²) in [6, 6.07) is 1.71. The van der Waals surface area contributed by atoms with Crippen molar-refractivity contribution in [1.29, 1.82) is 0 Å². The van der Waals surface area contributed by atoms with Crippen molar-refractivity contribution in [2.75, 3.05) is 19.6 Å². The van der Waals surface area contributed by atoms with Crippen molar-refractivity contribution in [3.05, 3.63) is 0 Å². The molecule has 18 heavy (non-hydrogen) atoms. The van der Waals surface area contributed by atoms with Crippen LogP contribution in [0, 0.1) is 11.8 Å². The lowest BCUT2D eigenvalue weighted by molar-refractivity contribution is 0.179. The molecule has 3 aliphatic rings. The predicted molar refractivity (Wildman–Crippen MR) is 76.7 cm³/mol. The molecule has 2 nitrogen and oxygen atoms in total. The smallest absolute Gasteiger partial charge is 0.0101 e. The average Bonchev–Trinajstić information content (AvgIpc) is 3.00. The fraction of sp³-hybridized carbons (Fsp3) is 1.00. The van der Waals surface area contributed by atoms with Gasteiger partial charge in [-0.2, -0.15) is 0 Å². The molecule has 3 atom stereocenters. The Morgan fingerprint density at radius 3 is 2.50 bits per heavy atom. The van der Waals surface area contributed by atoms with Gasteiger partial charge in [-0.25, -0.2) is 0 Å². The van der Waals surface area contributed by atoms with Crippen molar-refractivity contribution in [1.82, 2.24) is 10.2 Å². The van der Waals surface area contributed by atoms with Crippen LogP contribution in [0.3, 0.4) is 0 Å². The van der Waals surface area contributed by atoms with Crippen molar-refractivity contribution in [3.63, 3.8) is 0 Å². The highest BCUT2D eigenvalue weighted by molar-refractivity contribution is 4.95. The Morgan fingerprint density at radius 1 is 1.06 bits per heavy atom. The molecule has 1 N–H and O–H groups in total. The van der Waals surface area contributed by atoms with Gasteiger partial charge in [0.15, 0.2) is 0 Å². The van der Waals surface area contributed by atoms with E-state index in [1.54, 1.807) is 0 Å². The molecule has 0 amide bonds. The van der Waals surface area contributed by atoms with Crippen LogP contribution in [0.2, 0.25) is 0 Å². The first-order valence-electron chi connectivity index (χ1n) is 8.33. The minimum Gasteiger partial charge on any atom is -0.311 e. The standard InChI is InChI=1S/C16H30N2/c1-2-3-8-18-9-6-15(7-10-18)17-16-12-13-4-5-14(16)11-13/h13-17H,2-12H2,1H3. The second kappa shape index (κ2) is 5.92. The van der Waals surface area contributed by atoms with Crippen LogP contribution in [0.4, 0.5) is 0 Å². The Hall–Kier alpha value is -0.0800. The van der Waals surface area contributed by atoms with Crippen molar-refractivity contribution < 1.29 is 0 Å². The fourth-order valence-electron chi connectivity index (χ4n) is 4.46. The van der Waals surface area contributed by atoms with E-state index in [4.69, 9.17) is 0 Å². The average molecular weight is 250 g/mol. The normalized spacial score (nSPS) is 37.5. The maximum absolute atomic E-state index is 4.00. The van der Waals surface area contributed by atoms with E-state index in [1.807, 2.05) is 0 Å². The van der Waals surface area contributed by atoms with Gasteiger partial charge in [0, 0.05) is 12.1 Å². The maximum Gasteiger partial charge on any atom is 0.0101 e. The Morgan fingerprint density at radius 2 is 1.89 bits per heavy atom. The zero-order valence-electron chi connectivity index (χ0n) is 12.0. The number of piperidine rings is 1. The molecule has 1 heterocycles. The molecular weight excluding hydrogens is 220 g/mol. The summed E-state index contributed by atoms with van der Waals surface area (Å²) in [5.41, 5.74) is 0. The highest BCUT2D eigenvalue weighted by Gasteiger charge is 2.40. The van der Waals surface area contributed by atoms with E-state index in [9.17, 15) is 0 Å². The van der Waals surface area contributed by atoms with Gasteiger partial charge in [-0.05, 0) is 70.0 Å². The molecular formula is C16H30N2. The van der Waals surface area contributed by atoms with E-state index in [0.29, 0.717) is 0 Å². The Labute approximate surface area is 113 Å². The summed E-state index contributed by atoms with van der Waals surface area (Å²) in [4.78, 5) is 2.67. The van der Waals surface area contributed by atoms with Crippen molar-refractivity contribution in [2.24, 2.45) is 11.8 Å². The highest BCUT2D eigenvalue weighted by atomic mass is 15.1. The van der Waals surface area contributed by atoms with Gasteiger partial charge in [0.25, 0.3) is 0 Å². The summed E-state index contributed by atoms with van der Waals surface area (Å²) in [7, 11) is 0. The minimum atomic E-state index is 0.826. The summed E-state index contributed by atoms with van der Waals surface area (Å²) < 4.78 is 0. The molecule has 2 bridgehead atoms. The van der Waals surface area contributed by atoms with E-state index in [1.165, 1.54) is 71.0 Å². The lowest BCUT2D eigenvalue weighted by Gasteiger charge is -2.35. The van der Waals surface area contributed by atoms with Gasteiger partial charge in [0.2, 0.25) is 0 Å².